The van der Waals surface area contributed by atoms with Crippen molar-refractivity contribution in [2.24, 2.45) is 0 Å². The summed E-state index contributed by atoms with van der Waals surface area (Å²) in [4.78, 5) is 37.8. The Bertz CT molecular complexity index is 1480. The highest BCUT2D eigenvalue weighted by atomic mass is 19.2. The lowest BCUT2D eigenvalue weighted by Crippen LogP contribution is -2.33. The molecule has 0 saturated carbocycles. The molecule has 4 aromatic rings. The van der Waals surface area contributed by atoms with Gasteiger partial charge in [0.2, 0.25) is 5.91 Å². The number of fused-ring (bicyclic) bond motifs is 1. The molecule has 0 saturated heterocycles. The summed E-state index contributed by atoms with van der Waals surface area (Å²) < 4.78 is 46.1. The standard InChI is InChI=1S/C25H17F3N2O4/c1-13-22(32)15-8-5-9-16(24(15)34-23(13)14-6-3-2-4-7-14)25(33)29-12-19(31)30-18-11-10-17(26)20(27)21(18)28/h2-11H,12H2,1H3,(H,29,33)(H,30,31). The Labute approximate surface area is 191 Å². The fourth-order valence-electron chi connectivity index (χ4n) is 3.43. The minimum Gasteiger partial charge on any atom is -0.455 e. The second-order valence-electron chi connectivity index (χ2n) is 7.39. The highest BCUT2D eigenvalue weighted by Crippen LogP contribution is 2.27. The third-order valence-corrected chi connectivity index (χ3v) is 5.14. The molecule has 0 radical (unpaired) electrons. The number of rotatable bonds is 5. The molecule has 0 aliphatic carbocycles. The quantitative estimate of drug-likeness (QED) is 0.423. The summed E-state index contributed by atoms with van der Waals surface area (Å²) >= 11 is 0. The molecule has 0 aliphatic heterocycles. The largest absolute Gasteiger partial charge is 0.455 e. The number of hydrogen-bond donors (Lipinski definition) is 2. The fraction of sp³-hybridized carbons (Fsp3) is 0.0800. The first kappa shape index (κ1) is 22.8. The van der Waals surface area contributed by atoms with Gasteiger partial charge in [-0.15, -0.1) is 0 Å². The second-order valence-corrected chi connectivity index (χ2v) is 7.39. The van der Waals surface area contributed by atoms with Crippen LogP contribution in [0.3, 0.4) is 0 Å². The molecule has 0 atom stereocenters. The van der Waals surface area contributed by atoms with Gasteiger partial charge in [0.1, 0.15) is 5.76 Å². The molecule has 6 nitrogen and oxygen atoms in total. The van der Waals surface area contributed by atoms with E-state index in [-0.39, 0.29) is 22.0 Å². The summed E-state index contributed by atoms with van der Waals surface area (Å²) in [6, 6.07) is 14.9. The molecule has 0 bridgehead atoms. The van der Waals surface area contributed by atoms with Crippen LogP contribution in [0, 0.1) is 24.4 Å². The van der Waals surface area contributed by atoms with Gasteiger partial charge in [0, 0.05) is 11.1 Å². The number of carbonyl (C=O) groups is 2. The van der Waals surface area contributed by atoms with Crippen molar-refractivity contribution in [2.45, 2.75) is 6.92 Å². The third kappa shape index (κ3) is 4.27. The lowest BCUT2D eigenvalue weighted by Gasteiger charge is -2.11. The van der Waals surface area contributed by atoms with Crippen LogP contribution in [-0.2, 0) is 4.79 Å². The minimum absolute atomic E-state index is 0.0126. The van der Waals surface area contributed by atoms with Gasteiger partial charge in [-0.05, 0) is 31.2 Å². The molecule has 4 rings (SSSR count). The molecule has 0 spiro atoms. The number of anilines is 1. The molecule has 0 unspecified atom stereocenters. The van der Waals surface area contributed by atoms with E-state index < -0.39 is 41.5 Å². The maximum absolute atomic E-state index is 13.8. The van der Waals surface area contributed by atoms with Crippen LogP contribution in [0.1, 0.15) is 15.9 Å². The van der Waals surface area contributed by atoms with Crippen LogP contribution in [0.2, 0.25) is 0 Å². The lowest BCUT2D eigenvalue weighted by atomic mass is 10.0. The SMILES string of the molecule is Cc1c(-c2ccccc2)oc2c(C(=O)NCC(=O)Nc3ccc(F)c(F)c3F)cccc2c1=O. The van der Waals surface area contributed by atoms with E-state index in [1.54, 1.807) is 31.2 Å². The van der Waals surface area contributed by atoms with E-state index in [1.165, 1.54) is 18.2 Å². The topological polar surface area (TPSA) is 88.4 Å². The van der Waals surface area contributed by atoms with Crippen LogP contribution in [0.5, 0.6) is 0 Å². The maximum Gasteiger partial charge on any atom is 0.255 e. The monoisotopic (exact) mass is 466 g/mol. The molecule has 3 aromatic carbocycles. The van der Waals surface area contributed by atoms with Crippen molar-refractivity contribution in [2.75, 3.05) is 11.9 Å². The highest BCUT2D eigenvalue weighted by molar-refractivity contribution is 6.06. The summed E-state index contributed by atoms with van der Waals surface area (Å²) in [5.41, 5.74) is 0.213. The van der Waals surface area contributed by atoms with Crippen LogP contribution in [-0.4, -0.2) is 18.4 Å². The van der Waals surface area contributed by atoms with Crippen LogP contribution in [0.25, 0.3) is 22.3 Å². The van der Waals surface area contributed by atoms with Gasteiger partial charge < -0.3 is 15.1 Å². The molecule has 9 heteroatoms. The Hall–Kier alpha value is -4.40. The Balaban J connectivity index is 1.59. The summed E-state index contributed by atoms with van der Waals surface area (Å²) in [5.74, 6) is -5.97. The Morgan fingerprint density at radius 1 is 0.912 bits per heavy atom. The third-order valence-electron chi connectivity index (χ3n) is 5.14. The predicted octanol–water partition coefficient (Wildman–Crippen LogP) is 4.55. The zero-order valence-corrected chi connectivity index (χ0v) is 17.7. The first-order valence-corrected chi connectivity index (χ1v) is 10.1. The average Bonchev–Trinajstić information content (AvgIpc) is 2.85. The maximum atomic E-state index is 13.8. The number of amides is 2. The zero-order valence-electron chi connectivity index (χ0n) is 17.7. The zero-order chi connectivity index (χ0) is 24.4. The van der Waals surface area contributed by atoms with Crippen molar-refractivity contribution in [3.8, 4) is 11.3 Å². The molecule has 2 N–H and O–H groups in total. The first-order chi connectivity index (χ1) is 16.3. The molecule has 0 aliphatic rings. The van der Waals surface area contributed by atoms with Gasteiger partial charge in [-0.25, -0.2) is 13.2 Å². The molecule has 0 fully saturated rings. The number of benzene rings is 3. The highest BCUT2D eigenvalue weighted by Gasteiger charge is 2.20. The second kappa shape index (κ2) is 9.22. The molecular formula is C25H17F3N2O4. The van der Waals surface area contributed by atoms with Crippen LogP contribution in [0.4, 0.5) is 18.9 Å². The molecule has 1 heterocycles. The van der Waals surface area contributed by atoms with Gasteiger partial charge >= 0.3 is 0 Å². The summed E-state index contributed by atoms with van der Waals surface area (Å²) in [6.45, 7) is 1.03. The van der Waals surface area contributed by atoms with E-state index >= 15 is 0 Å². The Kier molecular flexibility index (Phi) is 6.18. The molecule has 2 amide bonds. The van der Waals surface area contributed by atoms with Gasteiger partial charge in [-0.1, -0.05) is 36.4 Å². The van der Waals surface area contributed by atoms with E-state index in [2.05, 4.69) is 10.6 Å². The van der Waals surface area contributed by atoms with Crippen molar-refractivity contribution in [1.29, 1.82) is 0 Å². The van der Waals surface area contributed by atoms with Gasteiger partial charge in [-0.2, -0.15) is 0 Å². The summed E-state index contributed by atoms with van der Waals surface area (Å²) in [7, 11) is 0. The van der Waals surface area contributed by atoms with Crippen LogP contribution < -0.4 is 16.1 Å². The number of para-hydroxylation sites is 1. The van der Waals surface area contributed by atoms with E-state index in [0.717, 1.165) is 6.07 Å². The van der Waals surface area contributed by atoms with Crippen LogP contribution >= 0.6 is 0 Å². The van der Waals surface area contributed by atoms with E-state index in [1.807, 2.05) is 6.07 Å². The van der Waals surface area contributed by atoms with Crippen molar-refractivity contribution in [1.82, 2.24) is 5.32 Å². The predicted molar refractivity (Wildman–Crippen MR) is 120 cm³/mol. The number of halogens is 3. The number of nitrogens with one attached hydrogen (secondary N) is 2. The molecular weight excluding hydrogens is 449 g/mol. The van der Waals surface area contributed by atoms with Gasteiger partial charge in [-0.3, -0.25) is 14.4 Å². The Morgan fingerprint density at radius 3 is 2.38 bits per heavy atom. The smallest absolute Gasteiger partial charge is 0.255 e. The van der Waals surface area contributed by atoms with E-state index in [0.29, 0.717) is 23.0 Å². The Morgan fingerprint density at radius 2 is 1.65 bits per heavy atom. The average molecular weight is 466 g/mol. The number of carbonyl (C=O) groups excluding carboxylic acids is 2. The molecule has 34 heavy (non-hydrogen) atoms. The van der Waals surface area contributed by atoms with Crippen LogP contribution in [0.15, 0.2) is 69.9 Å². The fourth-order valence-corrected chi connectivity index (χ4v) is 3.43. The molecule has 172 valence electrons. The van der Waals surface area contributed by atoms with Crippen molar-refractivity contribution < 1.29 is 27.2 Å². The lowest BCUT2D eigenvalue weighted by molar-refractivity contribution is -0.115. The summed E-state index contributed by atoms with van der Waals surface area (Å²) in [5, 5.41) is 4.60. The van der Waals surface area contributed by atoms with Crippen molar-refractivity contribution in [3.63, 3.8) is 0 Å². The normalized spacial score (nSPS) is 10.8. The van der Waals surface area contributed by atoms with Crippen molar-refractivity contribution in [3.05, 3.63) is 99.5 Å². The van der Waals surface area contributed by atoms with Gasteiger partial charge in [0.15, 0.2) is 28.5 Å². The van der Waals surface area contributed by atoms with E-state index in [9.17, 15) is 27.6 Å². The summed E-state index contributed by atoms with van der Waals surface area (Å²) in [6.07, 6.45) is 0. The minimum atomic E-state index is -1.72. The first-order valence-electron chi connectivity index (χ1n) is 10.1. The van der Waals surface area contributed by atoms with E-state index in [4.69, 9.17) is 4.42 Å². The van der Waals surface area contributed by atoms with Gasteiger partial charge in [0.25, 0.3) is 5.91 Å². The molecule has 1 aromatic heterocycles. The van der Waals surface area contributed by atoms with Gasteiger partial charge in [0.05, 0.1) is 23.2 Å². The number of hydrogen-bond acceptors (Lipinski definition) is 4. The van der Waals surface area contributed by atoms with Crippen molar-refractivity contribution >= 4 is 28.5 Å².